The van der Waals surface area contributed by atoms with Crippen molar-refractivity contribution in [3.8, 4) is 0 Å². The van der Waals surface area contributed by atoms with Crippen molar-refractivity contribution in [3.63, 3.8) is 0 Å². The summed E-state index contributed by atoms with van der Waals surface area (Å²) in [5.74, 6) is -5.94. The van der Waals surface area contributed by atoms with E-state index < -0.39 is 35.1 Å². The Hall–Kier alpha value is -1.95. The summed E-state index contributed by atoms with van der Waals surface area (Å²) in [6.07, 6.45) is 0. The van der Waals surface area contributed by atoms with Gasteiger partial charge in [-0.3, -0.25) is 0 Å². The Kier molecular flexibility index (Phi) is 4.57. The minimum Gasteiger partial charge on any atom is -0.306 e. The number of rotatable bonds is 4. The number of hydrogen-bond donors (Lipinski definition) is 1. The molecule has 1 atom stereocenters. The smallest absolute Gasteiger partial charge is 0.194 e. The van der Waals surface area contributed by atoms with E-state index >= 15 is 0 Å². The van der Waals surface area contributed by atoms with Crippen LogP contribution in [0.3, 0.4) is 0 Å². The van der Waals surface area contributed by atoms with Gasteiger partial charge in [-0.2, -0.15) is 0 Å². The fourth-order valence-electron chi connectivity index (χ4n) is 2.09. The van der Waals surface area contributed by atoms with Gasteiger partial charge in [-0.05, 0) is 30.3 Å². The van der Waals surface area contributed by atoms with E-state index in [1.54, 1.807) is 6.92 Å². The fourth-order valence-corrected chi connectivity index (χ4v) is 2.09. The van der Waals surface area contributed by atoms with Gasteiger partial charge in [-0.15, -0.1) is 0 Å². The van der Waals surface area contributed by atoms with Gasteiger partial charge in [-0.25, -0.2) is 22.0 Å². The zero-order valence-corrected chi connectivity index (χ0v) is 11.1. The van der Waals surface area contributed by atoms with Crippen molar-refractivity contribution in [1.29, 1.82) is 0 Å². The molecule has 1 nitrogen and oxygen atoms in total. The summed E-state index contributed by atoms with van der Waals surface area (Å²) in [5.41, 5.74) is 0.0300. The predicted molar refractivity (Wildman–Crippen MR) is 68.2 cm³/mol. The fraction of sp³-hybridized carbons (Fsp3) is 0.200. The molecule has 0 aliphatic rings. The van der Waals surface area contributed by atoms with Crippen molar-refractivity contribution >= 4 is 0 Å². The molecule has 1 unspecified atom stereocenters. The molecule has 1 N–H and O–H groups in total. The average molecular weight is 301 g/mol. The van der Waals surface area contributed by atoms with Crippen molar-refractivity contribution in [2.75, 3.05) is 6.54 Å². The van der Waals surface area contributed by atoms with E-state index in [9.17, 15) is 22.0 Å². The normalized spacial score (nSPS) is 12.5. The van der Waals surface area contributed by atoms with Crippen molar-refractivity contribution in [2.45, 2.75) is 13.0 Å². The second kappa shape index (κ2) is 6.22. The van der Waals surface area contributed by atoms with E-state index in [2.05, 4.69) is 5.32 Å². The van der Waals surface area contributed by atoms with Gasteiger partial charge in [0.1, 0.15) is 11.6 Å². The lowest BCUT2D eigenvalue weighted by Crippen LogP contribution is -2.23. The molecule has 0 amide bonds. The van der Waals surface area contributed by atoms with Crippen LogP contribution in [-0.2, 0) is 0 Å². The van der Waals surface area contributed by atoms with Crippen LogP contribution in [0.2, 0.25) is 0 Å². The first-order valence-electron chi connectivity index (χ1n) is 6.26. The quantitative estimate of drug-likeness (QED) is 0.663. The van der Waals surface area contributed by atoms with E-state index in [0.717, 1.165) is 18.2 Å². The number of halogens is 5. The van der Waals surface area contributed by atoms with E-state index in [4.69, 9.17) is 0 Å². The molecule has 0 saturated carbocycles. The molecule has 0 heterocycles. The van der Waals surface area contributed by atoms with Crippen molar-refractivity contribution < 1.29 is 22.0 Å². The van der Waals surface area contributed by atoms with Crippen LogP contribution in [0, 0.1) is 29.1 Å². The van der Waals surface area contributed by atoms with Crippen molar-refractivity contribution in [2.24, 2.45) is 0 Å². The van der Waals surface area contributed by atoms with E-state index in [1.165, 1.54) is 6.07 Å². The molecular formula is C15H12F5N. The van der Waals surface area contributed by atoms with E-state index in [0.29, 0.717) is 12.6 Å². The molecule has 0 aliphatic heterocycles. The van der Waals surface area contributed by atoms with Gasteiger partial charge >= 0.3 is 0 Å². The third kappa shape index (κ3) is 3.21. The summed E-state index contributed by atoms with van der Waals surface area (Å²) in [6, 6.07) is 3.55. The SMILES string of the molecule is CCNC(c1cc(F)c(F)c(F)c1)c1ccc(F)cc1F. The Balaban J connectivity index is 2.53. The third-order valence-electron chi connectivity index (χ3n) is 3.02. The largest absolute Gasteiger partial charge is 0.306 e. The maximum absolute atomic E-state index is 13.8. The molecule has 0 spiro atoms. The van der Waals surface area contributed by atoms with Crippen molar-refractivity contribution in [3.05, 3.63) is 70.5 Å². The van der Waals surface area contributed by atoms with Crippen LogP contribution in [0.1, 0.15) is 24.1 Å². The maximum atomic E-state index is 13.8. The Bertz CT molecular complexity index is 634. The molecule has 2 aromatic rings. The Morgan fingerprint density at radius 2 is 1.52 bits per heavy atom. The molecule has 6 heteroatoms. The highest BCUT2D eigenvalue weighted by Crippen LogP contribution is 2.27. The van der Waals surface area contributed by atoms with Gasteiger partial charge in [0.15, 0.2) is 17.5 Å². The van der Waals surface area contributed by atoms with Gasteiger partial charge in [0.25, 0.3) is 0 Å². The van der Waals surface area contributed by atoms with E-state index in [1.807, 2.05) is 0 Å². The highest BCUT2D eigenvalue weighted by molar-refractivity contribution is 5.34. The topological polar surface area (TPSA) is 12.0 Å². The lowest BCUT2D eigenvalue weighted by atomic mass is 9.97. The first kappa shape index (κ1) is 15.4. The highest BCUT2D eigenvalue weighted by Gasteiger charge is 2.21. The van der Waals surface area contributed by atoms with Gasteiger partial charge in [0, 0.05) is 11.6 Å². The second-order valence-corrected chi connectivity index (χ2v) is 4.46. The van der Waals surface area contributed by atoms with Crippen LogP contribution in [0.25, 0.3) is 0 Å². The molecule has 2 rings (SSSR count). The van der Waals surface area contributed by atoms with Gasteiger partial charge in [-0.1, -0.05) is 13.0 Å². The standard InChI is InChI=1S/C15H12F5N/c1-2-21-15(10-4-3-9(16)7-11(10)17)8-5-12(18)14(20)13(19)6-8/h3-7,15,21H,2H2,1H3. The monoisotopic (exact) mass is 301 g/mol. The molecule has 0 aliphatic carbocycles. The lowest BCUT2D eigenvalue weighted by Gasteiger charge is -2.20. The van der Waals surface area contributed by atoms with Crippen LogP contribution < -0.4 is 5.32 Å². The Morgan fingerprint density at radius 1 is 0.905 bits per heavy atom. The van der Waals surface area contributed by atoms with Gasteiger partial charge in [0.2, 0.25) is 0 Å². The second-order valence-electron chi connectivity index (χ2n) is 4.46. The van der Waals surface area contributed by atoms with Gasteiger partial charge < -0.3 is 5.32 Å². The van der Waals surface area contributed by atoms with E-state index in [-0.39, 0.29) is 11.1 Å². The molecule has 0 fully saturated rings. The van der Waals surface area contributed by atoms with Crippen molar-refractivity contribution in [1.82, 2.24) is 5.32 Å². The first-order valence-corrected chi connectivity index (χ1v) is 6.26. The van der Waals surface area contributed by atoms with Crippen LogP contribution in [0.5, 0.6) is 0 Å². The van der Waals surface area contributed by atoms with Crippen LogP contribution >= 0.6 is 0 Å². The summed E-state index contributed by atoms with van der Waals surface area (Å²) in [4.78, 5) is 0. The molecule has 0 aromatic heterocycles. The summed E-state index contributed by atoms with van der Waals surface area (Å²) < 4.78 is 66.4. The molecule has 0 bridgehead atoms. The van der Waals surface area contributed by atoms with Crippen LogP contribution in [0.4, 0.5) is 22.0 Å². The molecule has 0 saturated heterocycles. The van der Waals surface area contributed by atoms with Gasteiger partial charge in [0.05, 0.1) is 6.04 Å². The number of hydrogen-bond acceptors (Lipinski definition) is 1. The Labute approximate surface area is 118 Å². The zero-order chi connectivity index (χ0) is 15.6. The predicted octanol–water partition coefficient (Wildman–Crippen LogP) is 4.08. The minimum absolute atomic E-state index is 0.0127. The van der Waals surface area contributed by atoms with Crippen LogP contribution in [0.15, 0.2) is 30.3 Å². The maximum Gasteiger partial charge on any atom is 0.194 e. The Morgan fingerprint density at radius 3 is 2.05 bits per heavy atom. The molecule has 112 valence electrons. The number of nitrogens with one attached hydrogen (secondary N) is 1. The number of benzene rings is 2. The summed E-state index contributed by atoms with van der Waals surface area (Å²) in [7, 11) is 0. The summed E-state index contributed by atoms with van der Waals surface area (Å²) in [5, 5.41) is 2.83. The molecule has 0 radical (unpaired) electrons. The molecule has 2 aromatic carbocycles. The first-order chi connectivity index (χ1) is 9.93. The van der Waals surface area contributed by atoms with Crippen LogP contribution in [-0.4, -0.2) is 6.54 Å². The summed E-state index contributed by atoms with van der Waals surface area (Å²) in [6.45, 7) is 2.08. The average Bonchev–Trinajstić information content (AvgIpc) is 2.42. The third-order valence-corrected chi connectivity index (χ3v) is 3.02. The summed E-state index contributed by atoms with van der Waals surface area (Å²) >= 11 is 0. The minimum atomic E-state index is -1.59. The molecule has 21 heavy (non-hydrogen) atoms. The lowest BCUT2D eigenvalue weighted by molar-refractivity contribution is 0.442. The zero-order valence-electron chi connectivity index (χ0n) is 11.1. The molecular weight excluding hydrogens is 289 g/mol. The highest BCUT2D eigenvalue weighted by atomic mass is 19.2.